The smallest absolute Gasteiger partial charge is 0.168 e. The highest BCUT2D eigenvalue weighted by Gasteiger charge is 2.03. The third-order valence-electron chi connectivity index (χ3n) is 1.72. The molecule has 0 saturated heterocycles. The largest absolute Gasteiger partial charge is 0.372 e. The highest BCUT2D eigenvalue weighted by Crippen LogP contribution is 2.15. The van der Waals surface area contributed by atoms with Crippen LogP contribution in [0.4, 0.5) is 5.82 Å². The Morgan fingerprint density at radius 1 is 1.31 bits per heavy atom. The average molecular weight is 175 g/mol. The molecule has 2 heterocycles. The summed E-state index contributed by atoms with van der Waals surface area (Å²) in [6.45, 7) is 1.84. The van der Waals surface area contributed by atoms with Gasteiger partial charge in [0.1, 0.15) is 18.0 Å². The maximum Gasteiger partial charge on any atom is 0.168 e. The van der Waals surface area contributed by atoms with E-state index in [1.54, 1.807) is 6.20 Å². The second-order valence-electron chi connectivity index (χ2n) is 2.63. The monoisotopic (exact) mass is 175 g/mol. The van der Waals surface area contributed by atoms with Gasteiger partial charge < -0.3 is 5.32 Å². The number of fused-ring (bicyclic) bond motifs is 1. The van der Waals surface area contributed by atoms with Crippen LogP contribution in [0.2, 0.25) is 0 Å². The number of aryl methyl sites for hydroxylation is 1. The summed E-state index contributed by atoms with van der Waals surface area (Å²) in [6.07, 6.45) is 3.18. The van der Waals surface area contributed by atoms with Crippen LogP contribution in [0, 0.1) is 6.92 Å². The predicted octanol–water partition coefficient (Wildman–Crippen LogP) is 0.770. The van der Waals surface area contributed by atoms with Crippen LogP contribution >= 0.6 is 0 Å². The van der Waals surface area contributed by atoms with Crippen molar-refractivity contribution in [2.75, 3.05) is 12.4 Å². The van der Waals surface area contributed by atoms with E-state index in [4.69, 9.17) is 0 Å². The van der Waals surface area contributed by atoms with Crippen molar-refractivity contribution in [2.45, 2.75) is 6.92 Å². The summed E-state index contributed by atoms with van der Waals surface area (Å²) in [5.41, 5.74) is 0.673. The molecule has 0 saturated carbocycles. The van der Waals surface area contributed by atoms with Gasteiger partial charge >= 0.3 is 0 Å². The number of anilines is 1. The van der Waals surface area contributed by atoms with Crippen LogP contribution in [0.3, 0.4) is 0 Å². The van der Waals surface area contributed by atoms with Crippen LogP contribution in [0.25, 0.3) is 11.0 Å². The Morgan fingerprint density at radius 3 is 2.92 bits per heavy atom. The Morgan fingerprint density at radius 2 is 2.15 bits per heavy atom. The second-order valence-corrected chi connectivity index (χ2v) is 2.63. The van der Waals surface area contributed by atoms with Crippen molar-refractivity contribution in [3.05, 3.63) is 18.3 Å². The van der Waals surface area contributed by atoms with Gasteiger partial charge in [-0.15, -0.1) is 0 Å². The SMILES string of the molecule is CNc1nc(C)nc2ncncc12. The molecule has 2 aromatic rings. The Labute approximate surface area is 75.3 Å². The lowest BCUT2D eigenvalue weighted by Crippen LogP contribution is -1.99. The maximum atomic E-state index is 4.22. The molecule has 66 valence electrons. The number of nitrogens with zero attached hydrogens (tertiary/aromatic N) is 4. The first-order valence-electron chi connectivity index (χ1n) is 3.93. The van der Waals surface area contributed by atoms with E-state index in [1.165, 1.54) is 6.33 Å². The summed E-state index contributed by atoms with van der Waals surface area (Å²) in [5, 5.41) is 3.82. The normalized spacial score (nSPS) is 10.3. The molecule has 0 aliphatic heterocycles. The zero-order chi connectivity index (χ0) is 9.26. The molecule has 0 atom stereocenters. The molecule has 0 aliphatic carbocycles. The van der Waals surface area contributed by atoms with Crippen LogP contribution in [-0.2, 0) is 0 Å². The summed E-state index contributed by atoms with van der Waals surface area (Å²) in [4.78, 5) is 16.4. The summed E-state index contributed by atoms with van der Waals surface area (Å²) in [5.74, 6) is 1.47. The van der Waals surface area contributed by atoms with Gasteiger partial charge in [-0.25, -0.2) is 19.9 Å². The van der Waals surface area contributed by atoms with Crippen molar-refractivity contribution in [3.63, 3.8) is 0 Å². The van der Waals surface area contributed by atoms with Gasteiger partial charge in [0.05, 0.1) is 5.39 Å². The molecule has 0 radical (unpaired) electrons. The molecule has 0 unspecified atom stereocenters. The van der Waals surface area contributed by atoms with Crippen molar-refractivity contribution in [1.29, 1.82) is 0 Å². The summed E-state index contributed by atoms with van der Waals surface area (Å²) >= 11 is 0. The molecule has 5 nitrogen and oxygen atoms in total. The Hall–Kier alpha value is -1.78. The van der Waals surface area contributed by atoms with Crippen molar-refractivity contribution < 1.29 is 0 Å². The van der Waals surface area contributed by atoms with Gasteiger partial charge in [0.15, 0.2) is 5.65 Å². The van der Waals surface area contributed by atoms with Crippen molar-refractivity contribution >= 4 is 16.9 Å². The predicted molar refractivity (Wildman–Crippen MR) is 49.4 cm³/mol. The summed E-state index contributed by atoms with van der Waals surface area (Å²) in [7, 11) is 1.81. The Kier molecular flexibility index (Phi) is 1.77. The van der Waals surface area contributed by atoms with Gasteiger partial charge in [0, 0.05) is 13.2 Å². The fraction of sp³-hybridized carbons (Fsp3) is 0.250. The maximum absolute atomic E-state index is 4.22. The van der Waals surface area contributed by atoms with Crippen LogP contribution in [0.5, 0.6) is 0 Å². The molecule has 5 heteroatoms. The van der Waals surface area contributed by atoms with Crippen molar-refractivity contribution in [2.24, 2.45) is 0 Å². The zero-order valence-electron chi connectivity index (χ0n) is 7.44. The second kappa shape index (κ2) is 2.93. The van der Waals surface area contributed by atoms with Crippen LogP contribution < -0.4 is 5.32 Å². The molecule has 0 fully saturated rings. The van der Waals surface area contributed by atoms with Gasteiger partial charge in [-0.2, -0.15) is 0 Å². The zero-order valence-corrected chi connectivity index (χ0v) is 7.44. The van der Waals surface area contributed by atoms with E-state index in [9.17, 15) is 0 Å². The molecule has 0 spiro atoms. The Bertz CT molecular complexity index is 439. The molecule has 0 bridgehead atoms. The number of hydrogen-bond donors (Lipinski definition) is 1. The average Bonchev–Trinajstić information content (AvgIpc) is 2.16. The molecule has 0 aliphatic rings. The number of hydrogen-bond acceptors (Lipinski definition) is 5. The van der Waals surface area contributed by atoms with Crippen LogP contribution in [-0.4, -0.2) is 27.0 Å². The van der Waals surface area contributed by atoms with E-state index in [1.807, 2.05) is 14.0 Å². The van der Waals surface area contributed by atoms with E-state index < -0.39 is 0 Å². The Balaban J connectivity index is 2.81. The fourth-order valence-electron chi connectivity index (χ4n) is 1.17. The van der Waals surface area contributed by atoms with Crippen molar-refractivity contribution in [1.82, 2.24) is 19.9 Å². The van der Waals surface area contributed by atoms with E-state index in [0.717, 1.165) is 11.2 Å². The highest BCUT2D eigenvalue weighted by atomic mass is 15.0. The molecule has 0 amide bonds. The van der Waals surface area contributed by atoms with E-state index in [0.29, 0.717) is 11.5 Å². The minimum absolute atomic E-state index is 0.673. The first-order valence-corrected chi connectivity index (χ1v) is 3.93. The van der Waals surface area contributed by atoms with E-state index in [-0.39, 0.29) is 0 Å². The minimum Gasteiger partial charge on any atom is -0.372 e. The number of aromatic nitrogens is 4. The van der Waals surface area contributed by atoms with Gasteiger partial charge in [-0.3, -0.25) is 0 Å². The molecular weight excluding hydrogens is 166 g/mol. The minimum atomic E-state index is 0.673. The van der Waals surface area contributed by atoms with Gasteiger partial charge in [0.25, 0.3) is 0 Å². The first kappa shape index (κ1) is 7.85. The first-order chi connectivity index (χ1) is 6.31. The quantitative estimate of drug-likeness (QED) is 0.693. The standard InChI is InChI=1S/C8H9N5/c1-5-12-7(9-2)6-3-10-4-11-8(6)13-5/h3-4H,1-2H3,(H,9,10,11,12,13). The summed E-state index contributed by atoms with van der Waals surface area (Å²) in [6, 6.07) is 0. The number of rotatable bonds is 1. The van der Waals surface area contributed by atoms with Gasteiger partial charge in [-0.1, -0.05) is 0 Å². The molecule has 2 rings (SSSR count). The molecule has 1 N–H and O–H groups in total. The van der Waals surface area contributed by atoms with Crippen molar-refractivity contribution in [3.8, 4) is 0 Å². The fourth-order valence-corrected chi connectivity index (χ4v) is 1.17. The lowest BCUT2D eigenvalue weighted by molar-refractivity contribution is 1.06. The summed E-state index contributed by atoms with van der Waals surface area (Å²) < 4.78 is 0. The van der Waals surface area contributed by atoms with Gasteiger partial charge in [-0.05, 0) is 6.92 Å². The third-order valence-corrected chi connectivity index (χ3v) is 1.72. The van der Waals surface area contributed by atoms with E-state index >= 15 is 0 Å². The topological polar surface area (TPSA) is 63.6 Å². The molecule has 0 aromatic carbocycles. The van der Waals surface area contributed by atoms with Crippen LogP contribution in [0.15, 0.2) is 12.5 Å². The molecular formula is C8H9N5. The third kappa shape index (κ3) is 1.28. The lowest BCUT2D eigenvalue weighted by atomic mass is 10.3. The molecule has 2 aromatic heterocycles. The van der Waals surface area contributed by atoms with Gasteiger partial charge in [0.2, 0.25) is 0 Å². The van der Waals surface area contributed by atoms with E-state index in [2.05, 4.69) is 25.3 Å². The highest BCUT2D eigenvalue weighted by molar-refractivity contribution is 5.85. The number of nitrogens with one attached hydrogen (secondary N) is 1. The van der Waals surface area contributed by atoms with Crippen LogP contribution in [0.1, 0.15) is 5.82 Å². The lowest BCUT2D eigenvalue weighted by Gasteiger charge is -2.03. The molecule has 13 heavy (non-hydrogen) atoms.